The molecule has 0 aliphatic carbocycles. The fourth-order valence-corrected chi connectivity index (χ4v) is 2.62. The van der Waals surface area contributed by atoms with Crippen molar-refractivity contribution in [1.82, 2.24) is 9.80 Å². The molecule has 1 atom stereocenters. The highest BCUT2D eigenvalue weighted by molar-refractivity contribution is 5.78. The topological polar surface area (TPSA) is 44.9 Å². The summed E-state index contributed by atoms with van der Waals surface area (Å²) >= 11 is 0. The second-order valence-corrected chi connectivity index (χ2v) is 4.46. The van der Waals surface area contributed by atoms with Crippen LogP contribution >= 0.6 is 0 Å². The van der Waals surface area contributed by atoms with E-state index in [0.29, 0.717) is 0 Å². The van der Waals surface area contributed by atoms with E-state index in [2.05, 4.69) is 14.8 Å². The fourth-order valence-electron chi connectivity index (χ4n) is 2.62. The Labute approximate surface area is 92.1 Å². The van der Waals surface area contributed by atoms with E-state index in [0.717, 1.165) is 31.6 Å². The molecule has 86 valence electrons. The van der Waals surface area contributed by atoms with Crippen molar-refractivity contribution in [3.63, 3.8) is 0 Å². The van der Waals surface area contributed by atoms with E-state index in [4.69, 9.17) is 5.73 Å². The second kappa shape index (κ2) is 4.84. The van der Waals surface area contributed by atoms with Gasteiger partial charge in [0.2, 0.25) is 0 Å². The van der Waals surface area contributed by atoms with Gasteiger partial charge in [-0.3, -0.25) is 9.89 Å². The Morgan fingerprint density at radius 2 is 2.07 bits per heavy atom. The predicted molar refractivity (Wildman–Crippen MR) is 62.9 cm³/mol. The molecule has 15 heavy (non-hydrogen) atoms. The molecule has 0 amide bonds. The molecule has 2 fully saturated rings. The van der Waals surface area contributed by atoms with E-state index < -0.39 is 0 Å². The van der Waals surface area contributed by atoms with Crippen molar-refractivity contribution in [3.8, 4) is 0 Å². The van der Waals surface area contributed by atoms with Crippen LogP contribution in [0.4, 0.5) is 0 Å². The van der Waals surface area contributed by atoms with E-state index in [-0.39, 0.29) is 0 Å². The molecule has 0 saturated carbocycles. The van der Waals surface area contributed by atoms with E-state index >= 15 is 0 Å². The van der Waals surface area contributed by atoms with Crippen molar-refractivity contribution >= 4 is 5.96 Å². The third-order valence-electron chi connectivity index (χ3n) is 3.46. The second-order valence-electron chi connectivity index (χ2n) is 4.46. The number of guanidine groups is 1. The summed E-state index contributed by atoms with van der Waals surface area (Å²) in [6.07, 6.45) is 3.99. The monoisotopic (exact) mass is 210 g/mol. The predicted octanol–water partition coefficient (Wildman–Crippen LogP) is 0.491. The van der Waals surface area contributed by atoms with Crippen molar-refractivity contribution in [1.29, 1.82) is 0 Å². The van der Waals surface area contributed by atoms with Crippen molar-refractivity contribution in [2.45, 2.75) is 32.2 Å². The summed E-state index contributed by atoms with van der Waals surface area (Å²) in [6.45, 7) is 7.54. The van der Waals surface area contributed by atoms with Crippen molar-refractivity contribution in [2.75, 3.05) is 32.7 Å². The molecule has 0 aromatic rings. The van der Waals surface area contributed by atoms with E-state index in [1.165, 1.54) is 32.4 Å². The first-order chi connectivity index (χ1) is 7.31. The molecule has 1 unspecified atom stereocenters. The number of nitrogens with two attached hydrogens (primary N) is 1. The molecule has 4 heteroatoms. The lowest BCUT2D eigenvalue weighted by Gasteiger charge is -2.23. The van der Waals surface area contributed by atoms with E-state index in [1.54, 1.807) is 0 Å². The van der Waals surface area contributed by atoms with Crippen molar-refractivity contribution in [2.24, 2.45) is 10.7 Å². The molecule has 2 aliphatic rings. The molecule has 0 aromatic heterocycles. The zero-order chi connectivity index (χ0) is 10.7. The standard InChI is InChI=1S/C11H22N4/c1-2-13-11(12)15-8-5-10(9-15)14-6-3-4-7-14/h10H,2-9H2,1H3,(H2,12,13). The lowest BCUT2D eigenvalue weighted by molar-refractivity contribution is 0.249. The Morgan fingerprint density at radius 1 is 1.33 bits per heavy atom. The quantitative estimate of drug-likeness (QED) is 0.533. The maximum Gasteiger partial charge on any atom is 0.191 e. The van der Waals surface area contributed by atoms with Crippen LogP contribution in [0.3, 0.4) is 0 Å². The van der Waals surface area contributed by atoms with Crippen LogP contribution in [0.2, 0.25) is 0 Å². The third-order valence-corrected chi connectivity index (χ3v) is 3.46. The van der Waals surface area contributed by atoms with E-state index in [9.17, 15) is 0 Å². The van der Waals surface area contributed by atoms with Gasteiger partial charge < -0.3 is 10.6 Å². The molecule has 2 aliphatic heterocycles. The molecule has 0 radical (unpaired) electrons. The Bertz CT molecular complexity index is 233. The fraction of sp³-hybridized carbons (Fsp3) is 0.909. The summed E-state index contributed by atoms with van der Waals surface area (Å²) in [5, 5.41) is 0. The molecular formula is C11H22N4. The first-order valence-corrected chi connectivity index (χ1v) is 6.10. The van der Waals surface area contributed by atoms with Crippen LogP contribution in [0, 0.1) is 0 Å². The first kappa shape index (κ1) is 10.7. The zero-order valence-electron chi connectivity index (χ0n) is 9.65. The number of aliphatic imine (C=N–C) groups is 1. The SMILES string of the molecule is CCN=C(N)N1CCC(N2CCCC2)C1. The molecule has 0 bridgehead atoms. The van der Waals surface area contributed by atoms with Gasteiger partial charge in [0.25, 0.3) is 0 Å². The van der Waals surface area contributed by atoms with Gasteiger partial charge in [-0.2, -0.15) is 0 Å². The highest BCUT2D eigenvalue weighted by atomic mass is 15.3. The van der Waals surface area contributed by atoms with Crippen molar-refractivity contribution < 1.29 is 0 Å². The van der Waals surface area contributed by atoms with Crippen LogP contribution in [0.15, 0.2) is 4.99 Å². The number of nitrogens with zero attached hydrogens (tertiary/aromatic N) is 3. The minimum absolute atomic E-state index is 0.720. The first-order valence-electron chi connectivity index (χ1n) is 6.10. The Hall–Kier alpha value is -0.770. The van der Waals surface area contributed by atoms with Crippen molar-refractivity contribution in [3.05, 3.63) is 0 Å². The van der Waals surface area contributed by atoms with Crippen LogP contribution in [-0.4, -0.2) is 54.5 Å². The summed E-state index contributed by atoms with van der Waals surface area (Å²) in [4.78, 5) is 9.11. The third kappa shape index (κ3) is 2.43. The summed E-state index contributed by atoms with van der Waals surface area (Å²) in [6, 6.07) is 0.720. The Morgan fingerprint density at radius 3 is 2.73 bits per heavy atom. The molecule has 4 nitrogen and oxygen atoms in total. The molecule has 2 rings (SSSR count). The summed E-state index contributed by atoms with van der Waals surface area (Å²) < 4.78 is 0. The molecule has 2 heterocycles. The molecule has 2 N–H and O–H groups in total. The van der Waals surface area contributed by atoms with Gasteiger partial charge in [0.1, 0.15) is 0 Å². The highest BCUT2D eigenvalue weighted by Gasteiger charge is 2.29. The Balaban J connectivity index is 1.86. The summed E-state index contributed by atoms with van der Waals surface area (Å²) in [5.41, 5.74) is 5.91. The number of likely N-dealkylation sites (tertiary alicyclic amines) is 2. The maximum atomic E-state index is 5.91. The average Bonchev–Trinajstić information content (AvgIpc) is 2.89. The highest BCUT2D eigenvalue weighted by Crippen LogP contribution is 2.19. The Kier molecular flexibility index (Phi) is 3.46. The normalized spacial score (nSPS) is 29.0. The largest absolute Gasteiger partial charge is 0.370 e. The van der Waals surface area contributed by atoms with Crippen LogP contribution < -0.4 is 5.73 Å². The molecule has 2 saturated heterocycles. The average molecular weight is 210 g/mol. The van der Waals surface area contributed by atoms with Gasteiger partial charge in [-0.25, -0.2) is 0 Å². The summed E-state index contributed by atoms with van der Waals surface area (Å²) in [5.74, 6) is 0.735. The van der Waals surface area contributed by atoms with Crippen LogP contribution in [0.5, 0.6) is 0 Å². The minimum Gasteiger partial charge on any atom is -0.370 e. The minimum atomic E-state index is 0.720. The summed E-state index contributed by atoms with van der Waals surface area (Å²) in [7, 11) is 0. The van der Waals surface area contributed by atoms with Gasteiger partial charge in [0.15, 0.2) is 5.96 Å². The lowest BCUT2D eigenvalue weighted by atomic mass is 10.2. The van der Waals surface area contributed by atoms with Gasteiger partial charge in [-0.1, -0.05) is 0 Å². The molecular weight excluding hydrogens is 188 g/mol. The van der Waals surface area contributed by atoms with Gasteiger partial charge in [0.05, 0.1) is 0 Å². The van der Waals surface area contributed by atoms with Crippen LogP contribution in [0.25, 0.3) is 0 Å². The van der Waals surface area contributed by atoms with Gasteiger partial charge in [-0.05, 0) is 39.3 Å². The number of hydrogen-bond donors (Lipinski definition) is 1. The zero-order valence-corrected chi connectivity index (χ0v) is 9.65. The number of rotatable bonds is 2. The van der Waals surface area contributed by atoms with Gasteiger partial charge in [-0.15, -0.1) is 0 Å². The number of hydrogen-bond acceptors (Lipinski definition) is 2. The molecule has 0 aromatic carbocycles. The van der Waals surface area contributed by atoms with Crippen LogP contribution in [0.1, 0.15) is 26.2 Å². The lowest BCUT2D eigenvalue weighted by Crippen LogP contribution is -2.40. The molecule has 0 spiro atoms. The van der Waals surface area contributed by atoms with Gasteiger partial charge in [0, 0.05) is 25.7 Å². The van der Waals surface area contributed by atoms with Gasteiger partial charge >= 0.3 is 0 Å². The van der Waals surface area contributed by atoms with Crippen LogP contribution in [-0.2, 0) is 0 Å². The smallest absolute Gasteiger partial charge is 0.191 e. The maximum absolute atomic E-state index is 5.91. The van der Waals surface area contributed by atoms with E-state index in [1.807, 2.05) is 6.92 Å².